The Balaban J connectivity index is 1.99. The van der Waals surface area contributed by atoms with Gasteiger partial charge >= 0.3 is 0 Å². The van der Waals surface area contributed by atoms with E-state index in [1.54, 1.807) is 18.5 Å². The van der Waals surface area contributed by atoms with Crippen LogP contribution in [0.15, 0.2) is 42.7 Å². The predicted molar refractivity (Wildman–Crippen MR) is 70.2 cm³/mol. The van der Waals surface area contributed by atoms with E-state index in [1.807, 2.05) is 42.3 Å². The second-order valence-electron chi connectivity index (χ2n) is 4.02. The molecule has 2 aromatic rings. The Kier molecular flexibility index (Phi) is 3.87. The summed E-state index contributed by atoms with van der Waals surface area (Å²) in [5.74, 6) is 0.822. The molecule has 0 aliphatic heterocycles. The zero-order valence-corrected chi connectivity index (χ0v) is 10.2. The van der Waals surface area contributed by atoms with Crippen molar-refractivity contribution in [3.05, 3.63) is 54.0 Å². The van der Waals surface area contributed by atoms with Gasteiger partial charge in [0.25, 0.3) is 0 Å². The summed E-state index contributed by atoms with van der Waals surface area (Å²) in [6.45, 7) is 0.853. The fraction of sp³-hybridized carbons (Fsp3) is 0.214. The van der Waals surface area contributed by atoms with Crippen LogP contribution in [0.5, 0.6) is 0 Å². The van der Waals surface area contributed by atoms with Gasteiger partial charge in [-0.3, -0.25) is 4.98 Å². The van der Waals surface area contributed by atoms with Crippen molar-refractivity contribution in [2.75, 3.05) is 18.5 Å². The number of hydrogen-bond donors (Lipinski definition) is 0. The fourth-order valence-corrected chi connectivity index (χ4v) is 1.66. The molecule has 4 nitrogen and oxygen atoms in total. The molecule has 0 saturated heterocycles. The van der Waals surface area contributed by atoms with Crippen LogP contribution < -0.4 is 4.90 Å². The maximum atomic E-state index is 8.81. The minimum absolute atomic E-state index is 0.447. The Morgan fingerprint density at radius 3 is 2.72 bits per heavy atom. The molecule has 0 saturated carbocycles. The molecule has 0 fully saturated rings. The molecule has 18 heavy (non-hydrogen) atoms. The lowest BCUT2D eigenvalue weighted by Gasteiger charge is -2.18. The third-order valence-corrected chi connectivity index (χ3v) is 2.73. The summed E-state index contributed by atoms with van der Waals surface area (Å²) in [7, 11) is 1.98. The molecule has 2 heterocycles. The molecule has 0 bridgehead atoms. The van der Waals surface area contributed by atoms with Crippen LogP contribution in [-0.4, -0.2) is 23.6 Å². The second kappa shape index (κ2) is 5.78. The highest BCUT2D eigenvalue weighted by Gasteiger charge is 2.03. The second-order valence-corrected chi connectivity index (χ2v) is 4.02. The molecule has 90 valence electrons. The summed E-state index contributed by atoms with van der Waals surface area (Å²) in [5.41, 5.74) is 1.69. The number of pyridine rings is 2. The standard InChI is InChI=1S/C14H14N4/c1-18(10-7-12-5-8-16-9-6-12)14-4-2-3-13(11-15)17-14/h2-6,8-9H,7,10H2,1H3. The van der Waals surface area contributed by atoms with Crippen molar-refractivity contribution in [2.45, 2.75) is 6.42 Å². The van der Waals surface area contributed by atoms with Crippen molar-refractivity contribution in [3.8, 4) is 6.07 Å². The molecule has 4 heteroatoms. The monoisotopic (exact) mass is 238 g/mol. The maximum Gasteiger partial charge on any atom is 0.142 e. The Morgan fingerprint density at radius 2 is 2.00 bits per heavy atom. The van der Waals surface area contributed by atoms with E-state index in [0.29, 0.717) is 5.69 Å². The van der Waals surface area contributed by atoms with E-state index in [9.17, 15) is 0 Å². The highest BCUT2D eigenvalue weighted by Crippen LogP contribution is 2.10. The van der Waals surface area contributed by atoms with Crippen molar-refractivity contribution in [2.24, 2.45) is 0 Å². The van der Waals surface area contributed by atoms with Crippen LogP contribution in [0.4, 0.5) is 5.82 Å². The van der Waals surface area contributed by atoms with Crippen LogP contribution >= 0.6 is 0 Å². The van der Waals surface area contributed by atoms with E-state index in [1.165, 1.54) is 5.56 Å². The lowest BCUT2D eigenvalue weighted by molar-refractivity contribution is 0.857. The summed E-state index contributed by atoms with van der Waals surface area (Å²) in [5, 5.41) is 8.81. The average molecular weight is 238 g/mol. The van der Waals surface area contributed by atoms with E-state index in [-0.39, 0.29) is 0 Å². The molecule has 0 aromatic carbocycles. The van der Waals surface area contributed by atoms with Gasteiger partial charge in [0.1, 0.15) is 17.6 Å². The first kappa shape index (κ1) is 12.1. The maximum absolute atomic E-state index is 8.81. The van der Waals surface area contributed by atoms with Gasteiger partial charge in [0, 0.05) is 26.0 Å². The molecule has 0 amide bonds. The third kappa shape index (κ3) is 3.05. The first-order valence-electron chi connectivity index (χ1n) is 5.77. The zero-order valence-electron chi connectivity index (χ0n) is 10.2. The largest absolute Gasteiger partial charge is 0.359 e. The van der Waals surface area contributed by atoms with Crippen molar-refractivity contribution >= 4 is 5.82 Å². The van der Waals surface area contributed by atoms with Crippen molar-refractivity contribution in [3.63, 3.8) is 0 Å². The van der Waals surface area contributed by atoms with Gasteiger partial charge in [0.15, 0.2) is 0 Å². The van der Waals surface area contributed by atoms with E-state index < -0.39 is 0 Å². The Labute approximate surface area is 107 Å². The number of rotatable bonds is 4. The normalized spacial score (nSPS) is 9.78. The van der Waals surface area contributed by atoms with E-state index in [0.717, 1.165) is 18.8 Å². The first-order valence-corrected chi connectivity index (χ1v) is 5.77. The summed E-state index contributed by atoms with van der Waals surface area (Å²) >= 11 is 0. The Morgan fingerprint density at radius 1 is 1.22 bits per heavy atom. The number of nitriles is 1. The summed E-state index contributed by atoms with van der Waals surface area (Å²) in [4.78, 5) is 10.3. The SMILES string of the molecule is CN(CCc1ccncc1)c1cccc(C#N)n1. The van der Waals surface area contributed by atoms with Crippen LogP contribution in [0.25, 0.3) is 0 Å². The van der Waals surface area contributed by atoms with Gasteiger partial charge in [-0.25, -0.2) is 4.98 Å². The molecule has 0 aliphatic carbocycles. The van der Waals surface area contributed by atoms with Crippen LogP contribution in [-0.2, 0) is 6.42 Å². The molecule has 2 aromatic heterocycles. The molecule has 0 N–H and O–H groups in total. The van der Waals surface area contributed by atoms with Crippen molar-refractivity contribution < 1.29 is 0 Å². The number of anilines is 1. The number of aromatic nitrogens is 2. The van der Waals surface area contributed by atoms with Gasteiger partial charge in [-0.15, -0.1) is 0 Å². The van der Waals surface area contributed by atoms with Crippen LogP contribution in [0.3, 0.4) is 0 Å². The van der Waals surface area contributed by atoms with Gasteiger partial charge in [0.2, 0.25) is 0 Å². The van der Waals surface area contributed by atoms with Crippen molar-refractivity contribution in [1.29, 1.82) is 5.26 Å². The Bertz CT molecular complexity index is 545. The number of nitrogens with zero attached hydrogens (tertiary/aromatic N) is 4. The highest BCUT2D eigenvalue weighted by molar-refractivity contribution is 5.40. The fourth-order valence-electron chi connectivity index (χ4n) is 1.66. The van der Waals surface area contributed by atoms with Crippen LogP contribution in [0, 0.1) is 11.3 Å². The lowest BCUT2D eigenvalue weighted by atomic mass is 10.2. The summed E-state index contributed by atoms with van der Waals surface area (Å²) < 4.78 is 0. The summed E-state index contributed by atoms with van der Waals surface area (Å²) in [6.07, 6.45) is 4.52. The third-order valence-electron chi connectivity index (χ3n) is 2.73. The molecular formula is C14H14N4. The van der Waals surface area contributed by atoms with E-state index >= 15 is 0 Å². The predicted octanol–water partition coefficient (Wildman–Crippen LogP) is 2.03. The van der Waals surface area contributed by atoms with Gasteiger partial charge in [0.05, 0.1) is 0 Å². The molecular weight excluding hydrogens is 224 g/mol. The Hall–Kier alpha value is -2.41. The number of hydrogen-bond acceptors (Lipinski definition) is 4. The first-order chi connectivity index (χ1) is 8.79. The van der Waals surface area contributed by atoms with E-state index in [4.69, 9.17) is 5.26 Å². The molecule has 0 atom stereocenters. The summed E-state index contributed by atoms with van der Waals surface area (Å²) in [6, 6.07) is 11.5. The van der Waals surface area contributed by atoms with Crippen LogP contribution in [0.1, 0.15) is 11.3 Å². The zero-order chi connectivity index (χ0) is 12.8. The molecule has 0 radical (unpaired) electrons. The molecule has 0 spiro atoms. The lowest BCUT2D eigenvalue weighted by Crippen LogP contribution is -2.21. The molecule has 0 unspecified atom stereocenters. The molecule has 0 aliphatic rings. The van der Waals surface area contributed by atoms with E-state index in [2.05, 4.69) is 9.97 Å². The topological polar surface area (TPSA) is 52.8 Å². The average Bonchev–Trinajstić information content (AvgIpc) is 2.46. The van der Waals surface area contributed by atoms with Gasteiger partial charge in [-0.2, -0.15) is 5.26 Å². The number of likely N-dealkylation sites (N-methyl/N-ethyl adjacent to an activating group) is 1. The highest BCUT2D eigenvalue weighted by atomic mass is 15.2. The van der Waals surface area contributed by atoms with Gasteiger partial charge in [-0.1, -0.05) is 6.07 Å². The van der Waals surface area contributed by atoms with Gasteiger partial charge in [-0.05, 0) is 36.2 Å². The van der Waals surface area contributed by atoms with Crippen molar-refractivity contribution in [1.82, 2.24) is 9.97 Å². The quantitative estimate of drug-likeness (QED) is 0.817. The molecule has 2 rings (SSSR count). The minimum atomic E-state index is 0.447. The minimum Gasteiger partial charge on any atom is -0.359 e. The smallest absolute Gasteiger partial charge is 0.142 e. The van der Waals surface area contributed by atoms with Gasteiger partial charge < -0.3 is 4.90 Å². The van der Waals surface area contributed by atoms with Crippen LogP contribution in [0.2, 0.25) is 0 Å².